The van der Waals surface area contributed by atoms with E-state index in [2.05, 4.69) is 26.0 Å². The van der Waals surface area contributed by atoms with Gasteiger partial charge in [0.25, 0.3) is 0 Å². The van der Waals surface area contributed by atoms with Gasteiger partial charge in [-0.1, -0.05) is 6.07 Å². The van der Waals surface area contributed by atoms with E-state index in [1.165, 1.54) is 29.5 Å². The standard InChI is InChI=1S/C14H19NO/c1-9-3-4-12-11(5-8-16-12)13(9)14(6-7-14)10(2)15/h3-4,10H,5-8,15H2,1-2H3. The Kier molecular flexibility index (Phi) is 2.05. The van der Waals surface area contributed by atoms with Crippen molar-refractivity contribution < 1.29 is 4.74 Å². The van der Waals surface area contributed by atoms with E-state index >= 15 is 0 Å². The van der Waals surface area contributed by atoms with Crippen LogP contribution in [0.2, 0.25) is 0 Å². The molecule has 0 saturated heterocycles. The van der Waals surface area contributed by atoms with Crippen molar-refractivity contribution in [2.45, 2.75) is 44.6 Å². The van der Waals surface area contributed by atoms with Gasteiger partial charge in [-0.3, -0.25) is 0 Å². The Morgan fingerprint density at radius 3 is 2.75 bits per heavy atom. The van der Waals surface area contributed by atoms with Crippen LogP contribution in [0.15, 0.2) is 12.1 Å². The van der Waals surface area contributed by atoms with Crippen LogP contribution in [-0.4, -0.2) is 12.6 Å². The first-order valence-corrected chi connectivity index (χ1v) is 6.16. The van der Waals surface area contributed by atoms with Crippen molar-refractivity contribution in [3.05, 3.63) is 28.8 Å². The lowest BCUT2D eigenvalue weighted by atomic mass is 9.82. The summed E-state index contributed by atoms with van der Waals surface area (Å²) < 4.78 is 5.66. The summed E-state index contributed by atoms with van der Waals surface area (Å²) >= 11 is 0. The van der Waals surface area contributed by atoms with Gasteiger partial charge in [0, 0.05) is 23.4 Å². The van der Waals surface area contributed by atoms with Gasteiger partial charge in [0.15, 0.2) is 0 Å². The van der Waals surface area contributed by atoms with Gasteiger partial charge in [-0.2, -0.15) is 0 Å². The molecule has 0 radical (unpaired) electrons. The molecule has 3 rings (SSSR count). The molecule has 1 aromatic carbocycles. The molecule has 1 aliphatic heterocycles. The second-order valence-corrected chi connectivity index (χ2v) is 5.28. The van der Waals surface area contributed by atoms with E-state index < -0.39 is 0 Å². The molecule has 16 heavy (non-hydrogen) atoms. The minimum atomic E-state index is 0.248. The van der Waals surface area contributed by atoms with Crippen molar-refractivity contribution in [2.24, 2.45) is 5.73 Å². The topological polar surface area (TPSA) is 35.2 Å². The van der Waals surface area contributed by atoms with Gasteiger partial charge in [-0.05, 0) is 43.9 Å². The van der Waals surface area contributed by atoms with Gasteiger partial charge in [0.2, 0.25) is 0 Å². The van der Waals surface area contributed by atoms with E-state index in [4.69, 9.17) is 10.5 Å². The molecule has 86 valence electrons. The molecule has 0 bridgehead atoms. The maximum absolute atomic E-state index is 6.19. The van der Waals surface area contributed by atoms with Crippen molar-refractivity contribution in [3.63, 3.8) is 0 Å². The fourth-order valence-electron chi connectivity index (χ4n) is 3.15. The number of benzene rings is 1. The van der Waals surface area contributed by atoms with Gasteiger partial charge in [-0.25, -0.2) is 0 Å². The third-order valence-corrected chi connectivity index (χ3v) is 4.25. The van der Waals surface area contributed by atoms with Gasteiger partial charge in [-0.15, -0.1) is 0 Å². The number of nitrogens with two attached hydrogens (primary N) is 1. The first-order chi connectivity index (χ1) is 7.65. The van der Waals surface area contributed by atoms with Crippen molar-refractivity contribution in [2.75, 3.05) is 6.61 Å². The van der Waals surface area contributed by atoms with E-state index in [0.717, 1.165) is 18.8 Å². The van der Waals surface area contributed by atoms with Crippen LogP contribution in [0.5, 0.6) is 5.75 Å². The summed E-state index contributed by atoms with van der Waals surface area (Å²) in [4.78, 5) is 0. The first kappa shape index (κ1) is 10.2. The van der Waals surface area contributed by atoms with Crippen LogP contribution in [0, 0.1) is 6.92 Å². The van der Waals surface area contributed by atoms with Crippen molar-refractivity contribution >= 4 is 0 Å². The highest BCUT2D eigenvalue weighted by Gasteiger charge is 2.50. The summed E-state index contributed by atoms with van der Waals surface area (Å²) in [6.45, 7) is 5.18. The van der Waals surface area contributed by atoms with Crippen molar-refractivity contribution in [3.8, 4) is 5.75 Å². The molecule has 1 saturated carbocycles. The Morgan fingerprint density at radius 2 is 2.12 bits per heavy atom. The molecule has 2 heteroatoms. The average molecular weight is 217 g/mol. The molecule has 1 fully saturated rings. The van der Waals surface area contributed by atoms with E-state index in [1.54, 1.807) is 0 Å². The van der Waals surface area contributed by atoms with E-state index in [-0.39, 0.29) is 11.5 Å². The molecular weight excluding hydrogens is 198 g/mol. The smallest absolute Gasteiger partial charge is 0.122 e. The number of aryl methyl sites for hydroxylation is 1. The van der Waals surface area contributed by atoms with Crippen molar-refractivity contribution in [1.82, 2.24) is 0 Å². The molecular formula is C14H19NO. The molecule has 0 spiro atoms. The number of rotatable bonds is 2. The Balaban J connectivity index is 2.17. The molecule has 1 atom stereocenters. The lowest BCUT2D eigenvalue weighted by molar-refractivity contribution is 0.357. The van der Waals surface area contributed by atoms with Gasteiger partial charge >= 0.3 is 0 Å². The second kappa shape index (κ2) is 3.24. The number of hydrogen-bond acceptors (Lipinski definition) is 2. The summed E-state index contributed by atoms with van der Waals surface area (Å²) in [5.74, 6) is 1.09. The fraction of sp³-hybridized carbons (Fsp3) is 0.571. The SMILES string of the molecule is Cc1ccc2c(c1C1(C(C)N)CC1)CCO2. The normalized spacial score (nSPS) is 22.4. The zero-order valence-corrected chi connectivity index (χ0v) is 10.0. The Morgan fingerprint density at radius 1 is 1.38 bits per heavy atom. The highest BCUT2D eigenvalue weighted by Crippen LogP contribution is 2.54. The summed E-state index contributed by atoms with van der Waals surface area (Å²) in [6, 6.07) is 4.54. The van der Waals surface area contributed by atoms with Crippen LogP contribution < -0.4 is 10.5 Å². The van der Waals surface area contributed by atoms with E-state index in [0.29, 0.717) is 0 Å². The quantitative estimate of drug-likeness (QED) is 0.825. The lowest BCUT2D eigenvalue weighted by Crippen LogP contribution is -2.33. The largest absolute Gasteiger partial charge is 0.493 e. The third kappa shape index (κ3) is 1.23. The van der Waals surface area contributed by atoms with E-state index in [9.17, 15) is 0 Å². The fourth-order valence-corrected chi connectivity index (χ4v) is 3.15. The molecule has 1 unspecified atom stereocenters. The zero-order valence-electron chi connectivity index (χ0n) is 10.0. The Bertz CT molecular complexity index is 433. The minimum absolute atomic E-state index is 0.248. The predicted octanol–water partition coefficient (Wildman–Crippen LogP) is 2.31. The van der Waals surface area contributed by atoms with Crippen LogP contribution in [0.1, 0.15) is 36.5 Å². The van der Waals surface area contributed by atoms with E-state index in [1.807, 2.05) is 0 Å². The van der Waals surface area contributed by atoms with Crippen LogP contribution >= 0.6 is 0 Å². The maximum atomic E-state index is 6.19. The molecule has 1 aliphatic carbocycles. The molecule has 1 heterocycles. The predicted molar refractivity (Wildman–Crippen MR) is 64.9 cm³/mol. The summed E-state index contributed by atoms with van der Waals surface area (Å²) in [5, 5.41) is 0. The maximum Gasteiger partial charge on any atom is 0.122 e. The van der Waals surface area contributed by atoms with Crippen LogP contribution in [0.25, 0.3) is 0 Å². The summed E-state index contributed by atoms with van der Waals surface area (Å²) in [5.41, 5.74) is 10.8. The molecule has 2 aliphatic rings. The summed E-state index contributed by atoms with van der Waals surface area (Å²) in [6.07, 6.45) is 3.53. The Hall–Kier alpha value is -1.02. The van der Waals surface area contributed by atoms with Crippen molar-refractivity contribution in [1.29, 1.82) is 0 Å². The Labute approximate surface area is 96.8 Å². The van der Waals surface area contributed by atoms with Gasteiger partial charge < -0.3 is 10.5 Å². The highest BCUT2D eigenvalue weighted by molar-refractivity contribution is 5.53. The van der Waals surface area contributed by atoms with Crippen LogP contribution in [-0.2, 0) is 11.8 Å². The van der Waals surface area contributed by atoms with Gasteiger partial charge in [0.1, 0.15) is 5.75 Å². The monoisotopic (exact) mass is 217 g/mol. The molecule has 2 nitrogen and oxygen atoms in total. The molecule has 2 N–H and O–H groups in total. The summed E-state index contributed by atoms with van der Waals surface area (Å²) in [7, 11) is 0. The number of fused-ring (bicyclic) bond motifs is 1. The highest BCUT2D eigenvalue weighted by atomic mass is 16.5. The zero-order chi connectivity index (χ0) is 11.3. The number of hydrogen-bond donors (Lipinski definition) is 1. The second-order valence-electron chi connectivity index (χ2n) is 5.28. The first-order valence-electron chi connectivity index (χ1n) is 6.16. The van der Waals surface area contributed by atoms with Crippen LogP contribution in [0.3, 0.4) is 0 Å². The number of ether oxygens (including phenoxy) is 1. The molecule has 0 aromatic heterocycles. The lowest BCUT2D eigenvalue weighted by Gasteiger charge is -2.24. The minimum Gasteiger partial charge on any atom is -0.493 e. The average Bonchev–Trinajstić information content (AvgIpc) is 2.90. The van der Waals surface area contributed by atoms with Gasteiger partial charge in [0.05, 0.1) is 6.61 Å². The van der Waals surface area contributed by atoms with Crippen LogP contribution in [0.4, 0.5) is 0 Å². The third-order valence-electron chi connectivity index (χ3n) is 4.25. The molecule has 1 aromatic rings. The molecule has 0 amide bonds.